The average molecular weight is 260 g/mol. The van der Waals surface area contributed by atoms with E-state index in [9.17, 15) is 18.5 Å². The van der Waals surface area contributed by atoms with Crippen LogP contribution in [0.4, 0.5) is 11.4 Å². The number of rotatable bonds is 4. The molecule has 1 aromatic rings. The van der Waals surface area contributed by atoms with Gasteiger partial charge in [-0.15, -0.1) is 0 Å². The summed E-state index contributed by atoms with van der Waals surface area (Å²) in [6, 6.07) is 3.64. The van der Waals surface area contributed by atoms with Crippen LogP contribution in [0, 0.1) is 10.1 Å². The number of hydrogen-bond acceptors (Lipinski definition) is 6. The lowest BCUT2D eigenvalue weighted by Crippen LogP contribution is -2.16. The van der Waals surface area contributed by atoms with E-state index in [0.717, 1.165) is 12.3 Å². The molecule has 0 aromatic heterocycles. The monoisotopic (exact) mass is 260 g/mol. The number of nitro benzene ring substituents is 1. The molecule has 0 heterocycles. The molecule has 0 aliphatic carbocycles. The SMILES string of the molecule is CON(C)c1ccc(S(C)(=O)=O)cc1[N+](=O)[O-]. The summed E-state index contributed by atoms with van der Waals surface area (Å²) < 4.78 is 22.6. The van der Waals surface area contributed by atoms with Crippen molar-refractivity contribution in [2.45, 2.75) is 4.90 Å². The van der Waals surface area contributed by atoms with Gasteiger partial charge in [0, 0.05) is 19.4 Å². The first-order valence-electron chi connectivity index (χ1n) is 4.53. The third-order valence-corrected chi connectivity index (χ3v) is 3.30. The van der Waals surface area contributed by atoms with Gasteiger partial charge in [-0.1, -0.05) is 0 Å². The number of hydroxylamine groups is 1. The molecule has 1 rings (SSSR count). The second-order valence-electron chi connectivity index (χ2n) is 3.36. The van der Waals surface area contributed by atoms with Gasteiger partial charge in [0.25, 0.3) is 5.69 Å². The van der Waals surface area contributed by atoms with E-state index in [0.29, 0.717) is 0 Å². The molecule has 7 nitrogen and oxygen atoms in total. The Labute approximate surface area is 98.6 Å². The summed E-state index contributed by atoms with van der Waals surface area (Å²) >= 11 is 0. The zero-order valence-electron chi connectivity index (χ0n) is 9.58. The second kappa shape index (κ2) is 4.68. The van der Waals surface area contributed by atoms with Crippen LogP contribution in [0.2, 0.25) is 0 Å². The minimum atomic E-state index is -3.47. The first-order chi connectivity index (χ1) is 7.77. The zero-order valence-corrected chi connectivity index (χ0v) is 10.4. The maximum atomic E-state index is 11.3. The van der Waals surface area contributed by atoms with E-state index in [-0.39, 0.29) is 16.3 Å². The predicted octanol–water partition coefficient (Wildman–Crippen LogP) is 0.996. The van der Waals surface area contributed by atoms with Gasteiger partial charge >= 0.3 is 0 Å². The fourth-order valence-electron chi connectivity index (χ4n) is 1.24. The van der Waals surface area contributed by atoms with Crippen LogP contribution in [0.15, 0.2) is 23.1 Å². The Morgan fingerprint density at radius 1 is 1.41 bits per heavy atom. The quantitative estimate of drug-likeness (QED) is 0.592. The molecule has 0 bridgehead atoms. The van der Waals surface area contributed by atoms with Gasteiger partial charge in [-0.05, 0) is 12.1 Å². The van der Waals surface area contributed by atoms with E-state index in [2.05, 4.69) is 0 Å². The Hall–Kier alpha value is -1.67. The summed E-state index contributed by atoms with van der Waals surface area (Å²) in [5.74, 6) is 0. The van der Waals surface area contributed by atoms with Crippen molar-refractivity contribution in [2.24, 2.45) is 0 Å². The topological polar surface area (TPSA) is 89.8 Å². The highest BCUT2D eigenvalue weighted by Gasteiger charge is 2.21. The van der Waals surface area contributed by atoms with Gasteiger partial charge < -0.3 is 0 Å². The molecular weight excluding hydrogens is 248 g/mol. The summed E-state index contributed by atoms with van der Waals surface area (Å²) in [5, 5.41) is 12.0. The van der Waals surface area contributed by atoms with Crippen LogP contribution in [0.3, 0.4) is 0 Å². The highest BCUT2D eigenvalue weighted by atomic mass is 32.2. The van der Waals surface area contributed by atoms with Gasteiger partial charge in [0.05, 0.1) is 16.9 Å². The third-order valence-electron chi connectivity index (χ3n) is 2.18. The van der Waals surface area contributed by atoms with Gasteiger partial charge in [-0.2, -0.15) is 0 Å². The molecule has 94 valence electrons. The van der Waals surface area contributed by atoms with Crippen molar-refractivity contribution in [3.8, 4) is 0 Å². The second-order valence-corrected chi connectivity index (χ2v) is 5.38. The smallest absolute Gasteiger partial charge is 0.277 e. The van der Waals surface area contributed by atoms with Crippen molar-refractivity contribution in [1.29, 1.82) is 0 Å². The standard InChI is InChI=1S/C9H12N2O5S/c1-10(16-2)8-5-4-7(17(3,14)15)6-9(8)11(12)13/h4-6H,1-3H3. The van der Waals surface area contributed by atoms with Crippen molar-refractivity contribution in [3.05, 3.63) is 28.3 Å². The Balaban J connectivity index is 3.43. The van der Waals surface area contributed by atoms with Crippen molar-refractivity contribution in [3.63, 3.8) is 0 Å². The van der Waals surface area contributed by atoms with Gasteiger partial charge in [0.1, 0.15) is 5.69 Å². The molecule has 8 heteroatoms. The van der Waals surface area contributed by atoms with Crippen molar-refractivity contribution < 1.29 is 18.2 Å². The van der Waals surface area contributed by atoms with E-state index >= 15 is 0 Å². The third kappa shape index (κ3) is 2.92. The number of anilines is 1. The Kier molecular flexibility index (Phi) is 3.69. The lowest BCUT2D eigenvalue weighted by atomic mass is 10.2. The van der Waals surface area contributed by atoms with Crippen LogP contribution in [0.5, 0.6) is 0 Å². The molecule has 0 aliphatic heterocycles. The van der Waals surface area contributed by atoms with E-state index < -0.39 is 14.8 Å². The molecule has 0 spiro atoms. The first kappa shape index (κ1) is 13.4. The fraction of sp³-hybridized carbons (Fsp3) is 0.333. The van der Waals surface area contributed by atoms with Crippen LogP contribution in [0.25, 0.3) is 0 Å². The van der Waals surface area contributed by atoms with Crippen LogP contribution >= 0.6 is 0 Å². The van der Waals surface area contributed by atoms with Crippen molar-refractivity contribution in [2.75, 3.05) is 25.5 Å². The van der Waals surface area contributed by atoms with Crippen LogP contribution in [-0.4, -0.2) is 33.8 Å². The summed E-state index contributed by atoms with van der Waals surface area (Å²) in [4.78, 5) is 14.9. The summed E-state index contributed by atoms with van der Waals surface area (Å²) in [6.45, 7) is 0. The molecule has 0 atom stereocenters. The molecule has 0 saturated heterocycles. The van der Waals surface area contributed by atoms with Crippen molar-refractivity contribution in [1.82, 2.24) is 0 Å². The van der Waals surface area contributed by atoms with Gasteiger partial charge in [0.2, 0.25) is 0 Å². The molecule has 0 amide bonds. The molecule has 0 unspecified atom stereocenters. The van der Waals surface area contributed by atoms with E-state index in [4.69, 9.17) is 4.84 Å². The minimum Gasteiger partial charge on any atom is -0.277 e. The number of nitro groups is 1. The molecule has 0 saturated carbocycles. The highest BCUT2D eigenvalue weighted by Crippen LogP contribution is 2.29. The molecule has 17 heavy (non-hydrogen) atoms. The van der Waals surface area contributed by atoms with E-state index in [1.807, 2.05) is 0 Å². The maximum Gasteiger partial charge on any atom is 0.296 e. The number of nitrogens with zero attached hydrogens (tertiary/aromatic N) is 2. The van der Waals surface area contributed by atoms with E-state index in [1.54, 1.807) is 0 Å². The highest BCUT2D eigenvalue weighted by molar-refractivity contribution is 7.90. The summed E-state index contributed by atoms with van der Waals surface area (Å²) in [7, 11) is -0.628. The predicted molar refractivity (Wildman–Crippen MR) is 61.6 cm³/mol. The lowest BCUT2D eigenvalue weighted by Gasteiger charge is -2.15. The number of sulfone groups is 1. The van der Waals surface area contributed by atoms with Gasteiger partial charge in [-0.3, -0.25) is 20.0 Å². The Bertz CT molecular complexity index is 540. The van der Waals surface area contributed by atoms with Crippen molar-refractivity contribution >= 4 is 21.2 Å². The number of hydrogen-bond donors (Lipinski definition) is 0. The number of benzene rings is 1. The van der Waals surface area contributed by atoms with Crippen LogP contribution in [-0.2, 0) is 14.7 Å². The summed E-state index contributed by atoms with van der Waals surface area (Å²) in [6.07, 6.45) is 0.992. The molecule has 0 radical (unpaired) electrons. The fourth-order valence-corrected chi connectivity index (χ4v) is 1.89. The zero-order chi connectivity index (χ0) is 13.2. The van der Waals surface area contributed by atoms with E-state index in [1.165, 1.54) is 31.4 Å². The summed E-state index contributed by atoms with van der Waals surface area (Å²) in [5.41, 5.74) is -0.137. The Morgan fingerprint density at radius 3 is 2.41 bits per heavy atom. The average Bonchev–Trinajstić information content (AvgIpc) is 2.25. The maximum absolute atomic E-state index is 11.3. The Morgan fingerprint density at radius 2 is 2.00 bits per heavy atom. The minimum absolute atomic E-state index is 0.0996. The van der Waals surface area contributed by atoms with Gasteiger partial charge in [-0.25, -0.2) is 8.42 Å². The van der Waals surface area contributed by atoms with Gasteiger partial charge in [0.15, 0.2) is 9.84 Å². The largest absolute Gasteiger partial charge is 0.296 e. The molecule has 0 N–H and O–H groups in total. The lowest BCUT2D eigenvalue weighted by molar-refractivity contribution is -0.384. The molecule has 0 aliphatic rings. The molecule has 1 aromatic carbocycles. The van der Waals surface area contributed by atoms with Crippen LogP contribution in [0.1, 0.15) is 0 Å². The normalized spacial score (nSPS) is 11.2. The molecule has 0 fully saturated rings. The first-order valence-corrected chi connectivity index (χ1v) is 6.43. The van der Waals surface area contributed by atoms with Crippen LogP contribution < -0.4 is 5.06 Å². The molecular formula is C9H12N2O5S.